The third-order valence-electron chi connectivity index (χ3n) is 4.44. The molecule has 6 nitrogen and oxygen atoms in total. The second-order valence-corrected chi connectivity index (χ2v) is 6.05. The zero-order valence-corrected chi connectivity index (χ0v) is 13.4. The van der Waals surface area contributed by atoms with Crippen molar-refractivity contribution in [2.75, 3.05) is 18.4 Å². The van der Waals surface area contributed by atoms with E-state index in [4.69, 9.17) is 5.10 Å². The number of fused-ring (bicyclic) bond motifs is 1. The fourth-order valence-electron chi connectivity index (χ4n) is 3.00. The van der Waals surface area contributed by atoms with Gasteiger partial charge in [-0.15, -0.1) is 0 Å². The molecule has 1 atom stereocenters. The topological polar surface area (TPSA) is 67.1 Å². The molecule has 1 unspecified atom stereocenters. The van der Waals surface area contributed by atoms with Crippen LogP contribution < -0.4 is 10.6 Å². The van der Waals surface area contributed by atoms with Crippen molar-refractivity contribution in [2.24, 2.45) is 0 Å². The molecule has 0 radical (unpaired) electrons. The highest BCUT2D eigenvalue weighted by molar-refractivity contribution is 5.66. The maximum Gasteiger partial charge on any atom is 0.158 e. The van der Waals surface area contributed by atoms with Gasteiger partial charge in [0.15, 0.2) is 5.65 Å². The van der Waals surface area contributed by atoms with Gasteiger partial charge in [0.2, 0.25) is 0 Å². The van der Waals surface area contributed by atoms with E-state index in [0.717, 1.165) is 53.5 Å². The first kappa shape index (κ1) is 14.1. The summed E-state index contributed by atoms with van der Waals surface area (Å²) in [5.41, 5.74) is 4.93. The summed E-state index contributed by atoms with van der Waals surface area (Å²) < 4.78 is 1.92. The van der Waals surface area contributed by atoms with Gasteiger partial charge < -0.3 is 10.6 Å². The molecular weight excluding hydrogens is 288 g/mol. The first-order valence-corrected chi connectivity index (χ1v) is 7.97. The van der Waals surface area contributed by atoms with Crippen molar-refractivity contribution in [1.82, 2.24) is 24.9 Å². The molecule has 4 rings (SSSR count). The minimum atomic E-state index is 0.435. The summed E-state index contributed by atoms with van der Waals surface area (Å²) in [6.45, 7) is 6.19. The van der Waals surface area contributed by atoms with E-state index in [-0.39, 0.29) is 0 Å². The second-order valence-electron chi connectivity index (χ2n) is 6.05. The number of aromatic nitrogens is 4. The highest BCUT2D eigenvalue weighted by atomic mass is 15.3. The van der Waals surface area contributed by atoms with Gasteiger partial charge >= 0.3 is 0 Å². The standard InChI is InChI=1S/C17H20N6/c1-11-12(2)20-16-8-15(13-4-3-6-18-9-13)22-23(16)17(11)21-14-5-7-19-10-14/h3-4,6,8-9,14,19,21H,5,7,10H2,1-2H3. The molecule has 1 aliphatic heterocycles. The average molecular weight is 308 g/mol. The predicted octanol–water partition coefficient (Wildman–Crippen LogP) is 2.18. The maximum absolute atomic E-state index is 4.76. The Morgan fingerprint density at radius 2 is 2.26 bits per heavy atom. The van der Waals surface area contributed by atoms with E-state index < -0.39 is 0 Å². The van der Waals surface area contributed by atoms with Crippen LogP contribution in [-0.2, 0) is 0 Å². The molecule has 2 N–H and O–H groups in total. The minimum absolute atomic E-state index is 0.435. The second kappa shape index (κ2) is 5.62. The Bertz CT molecular complexity index is 833. The first-order valence-electron chi connectivity index (χ1n) is 7.97. The molecule has 118 valence electrons. The number of nitrogens with one attached hydrogen (secondary N) is 2. The first-order chi connectivity index (χ1) is 11.2. The van der Waals surface area contributed by atoms with Crippen molar-refractivity contribution in [3.8, 4) is 11.3 Å². The van der Waals surface area contributed by atoms with E-state index in [2.05, 4.69) is 27.5 Å². The summed E-state index contributed by atoms with van der Waals surface area (Å²) in [4.78, 5) is 8.86. The quantitative estimate of drug-likeness (QED) is 0.776. The van der Waals surface area contributed by atoms with E-state index in [9.17, 15) is 0 Å². The van der Waals surface area contributed by atoms with Crippen molar-refractivity contribution in [1.29, 1.82) is 0 Å². The van der Waals surface area contributed by atoms with Gasteiger partial charge in [-0.05, 0) is 38.9 Å². The van der Waals surface area contributed by atoms with Crippen molar-refractivity contribution in [3.63, 3.8) is 0 Å². The van der Waals surface area contributed by atoms with Gasteiger partial charge in [0, 0.05) is 47.9 Å². The molecule has 0 aromatic carbocycles. The van der Waals surface area contributed by atoms with Crippen molar-refractivity contribution in [3.05, 3.63) is 41.9 Å². The molecule has 1 aliphatic rings. The molecular formula is C17H20N6. The largest absolute Gasteiger partial charge is 0.366 e. The van der Waals surface area contributed by atoms with E-state index in [1.807, 2.05) is 35.8 Å². The molecule has 0 amide bonds. The van der Waals surface area contributed by atoms with Crippen LogP contribution in [0.4, 0.5) is 5.82 Å². The Morgan fingerprint density at radius 3 is 3.00 bits per heavy atom. The third kappa shape index (κ3) is 2.55. The number of hydrogen-bond donors (Lipinski definition) is 2. The normalized spacial score (nSPS) is 17.7. The van der Waals surface area contributed by atoms with Gasteiger partial charge in [0.25, 0.3) is 0 Å². The summed E-state index contributed by atoms with van der Waals surface area (Å²) in [6, 6.07) is 6.39. The lowest BCUT2D eigenvalue weighted by atomic mass is 10.2. The smallest absolute Gasteiger partial charge is 0.158 e. The Morgan fingerprint density at radius 1 is 1.35 bits per heavy atom. The number of aryl methyl sites for hydroxylation is 1. The van der Waals surface area contributed by atoms with Crippen LogP contribution in [0.3, 0.4) is 0 Å². The van der Waals surface area contributed by atoms with E-state index in [1.54, 1.807) is 6.20 Å². The van der Waals surface area contributed by atoms with Gasteiger partial charge in [0.05, 0.1) is 5.69 Å². The Hall–Kier alpha value is -2.47. The number of rotatable bonds is 3. The molecule has 0 bridgehead atoms. The highest BCUT2D eigenvalue weighted by Crippen LogP contribution is 2.25. The SMILES string of the molecule is Cc1nc2cc(-c3cccnc3)nn2c(NC2CCNC2)c1C. The predicted molar refractivity (Wildman–Crippen MR) is 90.6 cm³/mol. The van der Waals surface area contributed by atoms with E-state index >= 15 is 0 Å². The van der Waals surface area contributed by atoms with Crippen LogP contribution in [0.15, 0.2) is 30.6 Å². The Kier molecular flexibility index (Phi) is 3.46. The lowest BCUT2D eigenvalue weighted by Crippen LogP contribution is -2.24. The highest BCUT2D eigenvalue weighted by Gasteiger charge is 2.19. The van der Waals surface area contributed by atoms with Gasteiger partial charge in [0.1, 0.15) is 5.82 Å². The molecule has 1 fully saturated rings. The van der Waals surface area contributed by atoms with Gasteiger partial charge in [-0.25, -0.2) is 4.98 Å². The molecule has 1 saturated heterocycles. The van der Waals surface area contributed by atoms with Crippen LogP contribution in [0.25, 0.3) is 16.9 Å². The fraction of sp³-hybridized carbons (Fsp3) is 0.353. The Balaban J connectivity index is 1.83. The number of hydrogen-bond acceptors (Lipinski definition) is 5. The average Bonchev–Trinajstić information content (AvgIpc) is 3.22. The lowest BCUT2D eigenvalue weighted by molar-refractivity contribution is 0.771. The lowest BCUT2D eigenvalue weighted by Gasteiger charge is -2.17. The van der Waals surface area contributed by atoms with Crippen LogP contribution in [0.5, 0.6) is 0 Å². The number of anilines is 1. The van der Waals surface area contributed by atoms with Crippen LogP contribution in [0.2, 0.25) is 0 Å². The molecule has 6 heteroatoms. The van der Waals surface area contributed by atoms with Crippen molar-refractivity contribution >= 4 is 11.5 Å². The molecule has 0 spiro atoms. The molecule has 3 aromatic rings. The van der Waals surface area contributed by atoms with Crippen LogP contribution in [0, 0.1) is 13.8 Å². The van der Waals surface area contributed by atoms with Crippen LogP contribution >= 0.6 is 0 Å². The van der Waals surface area contributed by atoms with Gasteiger partial charge in [-0.1, -0.05) is 0 Å². The summed E-state index contributed by atoms with van der Waals surface area (Å²) in [5.74, 6) is 1.04. The van der Waals surface area contributed by atoms with Crippen LogP contribution in [-0.4, -0.2) is 38.7 Å². The zero-order chi connectivity index (χ0) is 15.8. The molecule has 3 aromatic heterocycles. The molecule has 23 heavy (non-hydrogen) atoms. The third-order valence-corrected chi connectivity index (χ3v) is 4.44. The van der Waals surface area contributed by atoms with Crippen molar-refractivity contribution in [2.45, 2.75) is 26.3 Å². The monoisotopic (exact) mass is 308 g/mol. The maximum atomic E-state index is 4.76. The minimum Gasteiger partial charge on any atom is -0.366 e. The van der Waals surface area contributed by atoms with E-state index in [1.165, 1.54) is 0 Å². The van der Waals surface area contributed by atoms with Gasteiger partial charge in [-0.3, -0.25) is 4.98 Å². The molecule has 0 saturated carbocycles. The van der Waals surface area contributed by atoms with Gasteiger partial charge in [-0.2, -0.15) is 9.61 Å². The fourth-order valence-corrected chi connectivity index (χ4v) is 3.00. The number of pyridine rings is 1. The van der Waals surface area contributed by atoms with E-state index in [0.29, 0.717) is 6.04 Å². The van der Waals surface area contributed by atoms with Crippen LogP contribution in [0.1, 0.15) is 17.7 Å². The molecule has 0 aliphatic carbocycles. The molecule has 4 heterocycles. The number of nitrogens with zero attached hydrogens (tertiary/aromatic N) is 4. The summed E-state index contributed by atoms with van der Waals surface area (Å²) >= 11 is 0. The Labute approximate surface area is 135 Å². The zero-order valence-electron chi connectivity index (χ0n) is 13.4. The summed E-state index contributed by atoms with van der Waals surface area (Å²) in [7, 11) is 0. The van der Waals surface area contributed by atoms with Crippen molar-refractivity contribution < 1.29 is 0 Å². The summed E-state index contributed by atoms with van der Waals surface area (Å²) in [6.07, 6.45) is 4.72. The summed E-state index contributed by atoms with van der Waals surface area (Å²) in [5, 5.41) is 11.8.